The first-order valence-electron chi connectivity index (χ1n) is 8.02. The lowest BCUT2D eigenvalue weighted by atomic mass is 10.2. The van der Waals surface area contributed by atoms with Crippen molar-refractivity contribution < 1.29 is 27.8 Å². The molecule has 0 fully saturated rings. The summed E-state index contributed by atoms with van der Waals surface area (Å²) in [4.78, 5) is 12.1. The van der Waals surface area contributed by atoms with Crippen molar-refractivity contribution in [1.82, 2.24) is 0 Å². The van der Waals surface area contributed by atoms with Crippen LogP contribution in [0.15, 0.2) is 36.4 Å². The third-order valence-corrected chi connectivity index (χ3v) is 4.82. The van der Waals surface area contributed by atoms with Gasteiger partial charge in [0.1, 0.15) is 19.0 Å². The third kappa shape index (κ3) is 5.40. The topological polar surface area (TPSA) is 56.8 Å². The van der Waals surface area contributed by atoms with E-state index in [-0.39, 0.29) is 23.1 Å². The monoisotopic (exact) mass is 415 g/mol. The molecular formula is C18H16ClF2NO4S. The van der Waals surface area contributed by atoms with Crippen LogP contribution in [0.5, 0.6) is 17.2 Å². The number of carbonyl (C=O) groups excluding carboxylic acids is 1. The lowest BCUT2D eigenvalue weighted by molar-refractivity contribution is -0.113. The first-order chi connectivity index (χ1) is 13.0. The molecule has 0 unspecified atom stereocenters. The maximum absolute atomic E-state index is 12.4. The molecular weight excluding hydrogens is 400 g/mol. The fraction of sp³-hybridized carbons (Fsp3) is 0.278. The Morgan fingerprint density at radius 2 is 2.04 bits per heavy atom. The number of para-hydroxylation sites is 2. The van der Waals surface area contributed by atoms with E-state index in [2.05, 4.69) is 10.1 Å². The van der Waals surface area contributed by atoms with Crippen molar-refractivity contribution in [2.45, 2.75) is 12.4 Å². The molecule has 2 aromatic rings. The average molecular weight is 416 g/mol. The van der Waals surface area contributed by atoms with E-state index < -0.39 is 6.61 Å². The van der Waals surface area contributed by atoms with E-state index >= 15 is 0 Å². The maximum Gasteiger partial charge on any atom is 0.387 e. The summed E-state index contributed by atoms with van der Waals surface area (Å²) in [6, 6.07) is 9.64. The fourth-order valence-corrected chi connectivity index (χ4v) is 3.51. The molecule has 0 saturated carbocycles. The standard InChI is InChI=1S/C18H16ClF2NO4S/c19-12-7-11(8-15-17(12)25-6-5-24-15)9-27-10-16(23)22-13-3-1-2-4-14(13)26-18(20)21/h1-4,7-8,18H,5-6,9-10H2,(H,22,23). The van der Waals surface area contributed by atoms with Gasteiger partial charge >= 0.3 is 6.61 Å². The summed E-state index contributed by atoms with van der Waals surface area (Å²) in [5.41, 5.74) is 1.09. The van der Waals surface area contributed by atoms with E-state index in [4.69, 9.17) is 21.1 Å². The third-order valence-electron chi connectivity index (χ3n) is 3.54. The van der Waals surface area contributed by atoms with Gasteiger partial charge < -0.3 is 19.5 Å². The van der Waals surface area contributed by atoms with Crippen LogP contribution in [0.3, 0.4) is 0 Å². The summed E-state index contributed by atoms with van der Waals surface area (Å²) in [5.74, 6) is 1.38. The molecule has 0 atom stereocenters. The molecule has 0 aliphatic carbocycles. The molecule has 0 aromatic heterocycles. The Labute approximate surface area is 163 Å². The van der Waals surface area contributed by atoms with Crippen LogP contribution in [0.2, 0.25) is 5.02 Å². The van der Waals surface area contributed by atoms with Gasteiger partial charge in [-0.25, -0.2) is 0 Å². The van der Waals surface area contributed by atoms with Crippen molar-refractivity contribution >= 4 is 35.0 Å². The predicted molar refractivity (Wildman–Crippen MR) is 100 cm³/mol. The molecule has 1 heterocycles. The number of amides is 1. The Morgan fingerprint density at radius 3 is 2.85 bits per heavy atom. The number of fused-ring (bicyclic) bond motifs is 1. The number of nitrogens with one attached hydrogen (secondary N) is 1. The molecule has 0 radical (unpaired) electrons. The van der Waals surface area contributed by atoms with E-state index in [1.165, 1.54) is 23.9 Å². The Morgan fingerprint density at radius 1 is 1.26 bits per heavy atom. The summed E-state index contributed by atoms with van der Waals surface area (Å²) in [7, 11) is 0. The quantitative estimate of drug-likeness (QED) is 0.717. The average Bonchev–Trinajstić information content (AvgIpc) is 2.63. The summed E-state index contributed by atoms with van der Waals surface area (Å²) in [6.45, 7) is -2.04. The molecule has 144 valence electrons. The van der Waals surface area contributed by atoms with Crippen LogP contribution in [0.25, 0.3) is 0 Å². The van der Waals surface area contributed by atoms with Gasteiger partial charge in [-0.3, -0.25) is 4.79 Å². The van der Waals surface area contributed by atoms with Gasteiger partial charge in [-0.2, -0.15) is 8.78 Å². The SMILES string of the molecule is O=C(CSCc1cc(Cl)c2c(c1)OCCO2)Nc1ccccc1OC(F)F. The first kappa shape index (κ1) is 19.6. The van der Waals surface area contributed by atoms with Crippen molar-refractivity contribution in [1.29, 1.82) is 0 Å². The lowest BCUT2D eigenvalue weighted by Crippen LogP contribution is -2.16. The number of rotatable bonds is 7. The Hall–Kier alpha value is -2.19. The number of ether oxygens (including phenoxy) is 3. The van der Waals surface area contributed by atoms with Crippen molar-refractivity contribution in [2.24, 2.45) is 0 Å². The van der Waals surface area contributed by atoms with Crippen molar-refractivity contribution in [3.63, 3.8) is 0 Å². The Bertz CT molecular complexity index is 822. The highest BCUT2D eigenvalue weighted by Gasteiger charge is 2.17. The van der Waals surface area contributed by atoms with E-state index in [1.807, 2.05) is 6.07 Å². The zero-order valence-corrected chi connectivity index (χ0v) is 15.6. The molecule has 1 aliphatic heterocycles. The smallest absolute Gasteiger partial charge is 0.387 e. The summed E-state index contributed by atoms with van der Waals surface area (Å²) >= 11 is 7.54. The van der Waals surface area contributed by atoms with Crippen molar-refractivity contribution in [2.75, 3.05) is 24.3 Å². The molecule has 1 aliphatic rings. The predicted octanol–water partition coefficient (Wildman–Crippen LogP) is 4.58. The van der Waals surface area contributed by atoms with Crippen molar-refractivity contribution in [3.05, 3.63) is 47.0 Å². The molecule has 1 N–H and O–H groups in total. The molecule has 0 saturated heterocycles. The second-order valence-corrected chi connectivity index (χ2v) is 6.91. The molecule has 3 rings (SSSR count). The van der Waals surface area contributed by atoms with E-state index in [0.29, 0.717) is 35.5 Å². The molecule has 0 spiro atoms. The zero-order valence-electron chi connectivity index (χ0n) is 14.0. The molecule has 27 heavy (non-hydrogen) atoms. The molecule has 0 bridgehead atoms. The number of halogens is 3. The number of hydrogen-bond donors (Lipinski definition) is 1. The maximum atomic E-state index is 12.4. The lowest BCUT2D eigenvalue weighted by Gasteiger charge is -2.20. The van der Waals surface area contributed by atoms with Crippen LogP contribution in [0, 0.1) is 0 Å². The number of carbonyl (C=O) groups is 1. The second kappa shape index (κ2) is 9.14. The van der Waals surface area contributed by atoms with Crippen LogP contribution >= 0.6 is 23.4 Å². The highest BCUT2D eigenvalue weighted by atomic mass is 35.5. The van der Waals surface area contributed by atoms with Gasteiger partial charge in [0.15, 0.2) is 11.5 Å². The number of hydrogen-bond acceptors (Lipinski definition) is 5. The van der Waals surface area contributed by atoms with Crippen molar-refractivity contribution in [3.8, 4) is 17.2 Å². The summed E-state index contributed by atoms with van der Waals surface area (Å²) in [5, 5.41) is 3.04. The number of benzene rings is 2. The molecule has 9 heteroatoms. The minimum absolute atomic E-state index is 0.0792. The van der Waals surface area contributed by atoms with Crippen LogP contribution < -0.4 is 19.5 Å². The summed E-state index contributed by atoms with van der Waals surface area (Å²) in [6.07, 6.45) is 0. The zero-order chi connectivity index (χ0) is 19.2. The molecule has 5 nitrogen and oxygen atoms in total. The Kier molecular flexibility index (Phi) is 6.63. The van der Waals surface area contributed by atoms with Gasteiger partial charge in [-0.05, 0) is 29.8 Å². The van der Waals surface area contributed by atoms with Gasteiger partial charge in [-0.15, -0.1) is 11.8 Å². The highest BCUT2D eigenvalue weighted by molar-refractivity contribution is 7.99. The van der Waals surface area contributed by atoms with Crippen LogP contribution in [-0.4, -0.2) is 31.5 Å². The number of alkyl halides is 2. The van der Waals surface area contributed by atoms with Gasteiger partial charge in [0.05, 0.1) is 16.5 Å². The number of anilines is 1. The first-order valence-corrected chi connectivity index (χ1v) is 9.55. The van der Waals surface area contributed by atoms with Gasteiger partial charge in [0.25, 0.3) is 0 Å². The number of thioether (sulfide) groups is 1. The minimum Gasteiger partial charge on any atom is -0.486 e. The molecule has 2 aromatic carbocycles. The second-order valence-electron chi connectivity index (χ2n) is 5.52. The van der Waals surface area contributed by atoms with E-state index in [1.54, 1.807) is 18.2 Å². The summed E-state index contributed by atoms with van der Waals surface area (Å²) < 4.78 is 40.2. The van der Waals surface area contributed by atoms with E-state index in [9.17, 15) is 13.6 Å². The van der Waals surface area contributed by atoms with Gasteiger partial charge in [-0.1, -0.05) is 23.7 Å². The highest BCUT2D eigenvalue weighted by Crippen LogP contribution is 2.39. The van der Waals surface area contributed by atoms with Gasteiger partial charge in [0.2, 0.25) is 5.91 Å². The Balaban J connectivity index is 1.54. The van der Waals surface area contributed by atoms with E-state index in [0.717, 1.165) is 5.56 Å². The minimum atomic E-state index is -2.96. The fourth-order valence-electron chi connectivity index (χ4n) is 2.46. The van der Waals surface area contributed by atoms with Crippen LogP contribution in [-0.2, 0) is 10.5 Å². The largest absolute Gasteiger partial charge is 0.486 e. The van der Waals surface area contributed by atoms with Crippen LogP contribution in [0.4, 0.5) is 14.5 Å². The molecule has 1 amide bonds. The van der Waals surface area contributed by atoms with Crippen LogP contribution in [0.1, 0.15) is 5.56 Å². The normalized spacial score (nSPS) is 12.7. The van der Waals surface area contributed by atoms with Gasteiger partial charge in [0, 0.05) is 5.75 Å².